The third-order valence-corrected chi connectivity index (χ3v) is 25.1. The highest BCUT2D eigenvalue weighted by molar-refractivity contribution is 9.10. The zero-order valence-corrected chi connectivity index (χ0v) is 83.8. The number of rotatable bonds is 30. The number of hydrogen-bond donors (Lipinski definition) is 3. The number of amides is 1. The van der Waals surface area contributed by atoms with E-state index in [-0.39, 0.29) is 12.5 Å². The number of aliphatic hydroxyl groups is 1. The Bertz CT molecular complexity index is 7120. The smallest absolute Gasteiger partial charge is 0.251 e. The second-order valence-corrected chi connectivity index (χ2v) is 36.0. The molecule has 11 heterocycles. The van der Waals surface area contributed by atoms with Crippen molar-refractivity contribution in [1.82, 2.24) is 104 Å². The molecule has 19 rings (SSSR count). The van der Waals surface area contributed by atoms with Crippen LogP contribution >= 0.6 is 15.9 Å². The summed E-state index contributed by atoms with van der Waals surface area (Å²) in [5.74, 6) is 4.75. The fraction of sp³-hybridized carbons (Fsp3) is 0.302. The normalized spacial score (nSPS) is 13.8. The summed E-state index contributed by atoms with van der Waals surface area (Å²) >= 11 is 3.48. The number of nitrogens with one attached hydrogen (secondary N) is 2. The molecule has 2 fully saturated rings. The van der Waals surface area contributed by atoms with Gasteiger partial charge in [0.15, 0.2) is 0 Å². The highest BCUT2D eigenvalue weighted by atomic mass is 79.9. The first-order valence-electron chi connectivity index (χ1n) is 46.5. The number of ether oxygens (including phenoxy) is 7. The van der Waals surface area contributed by atoms with Crippen LogP contribution in [0.4, 0.5) is 45.5 Å². The minimum Gasteiger partial charge on any atom is -0.497 e. The van der Waals surface area contributed by atoms with E-state index in [1.54, 1.807) is 139 Å². The number of methoxy groups -OCH3 is 7. The van der Waals surface area contributed by atoms with E-state index in [2.05, 4.69) is 159 Å². The number of halogens is 1. The van der Waals surface area contributed by atoms with Gasteiger partial charge in [0.2, 0.25) is 0 Å². The number of fused-ring (bicyclic) bond motifs is 4. The Morgan fingerprint density at radius 3 is 1.13 bits per heavy atom. The zero-order chi connectivity index (χ0) is 99.0. The van der Waals surface area contributed by atoms with E-state index in [9.17, 15) is 9.90 Å². The van der Waals surface area contributed by atoms with E-state index in [0.29, 0.717) is 52.6 Å². The van der Waals surface area contributed by atoms with Gasteiger partial charge in [0.1, 0.15) is 44.8 Å². The Balaban J connectivity index is 0.000000135. The number of benzene rings is 8. The fourth-order valence-corrected chi connectivity index (χ4v) is 17.6. The molecule has 9 aromatic heterocycles. The average Bonchev–Trinajstić information content (AvgIpc) is 1.78. The molecule has 0 saturated carbocycles. The maximum absolute atomic E-state index is 12.4. The molecule has 0 aliphatic carbocycles. The van der Waals surface area contributed by atoms with Crippen LogP contribution in [0.25, 0.3) is 89.2 Å². The monoisotopic (exact) mass is 1960 g/mol. The molecule has 35 heteroatoms. The Hall–Kier alpha value is -15.3. The number of likely N-dealkylation sites (tertiary alicyclic amines) is 1. The lowest BCUT2D eigenvalue weighted by atomic mass is 10.1. The van der Waals surface area contributed by atoms with Gasteiger partial charge in [0.05, 0.1) is 191 Å². The molecule has 2 aliphatic rings. The van der Waals surface area contributed by atoms with Crippen LogP contribution in [0.3, 0.4) is 0 Å². The van der Waals surface area contributed by atoms with Crippen molar-refractivity contribution in [1.29, 1.82) is 0 Å². The van der Waals surface area contributed by atoms with Crippen LogP contribution in [0.2, 0.25) is 0 Å². The van der Waals surface area contributed by atoms with Crippen molar-refractivity contribution in [2.45, 2.75) is 71.2 Å². The van der Waals surface area contributed by atoms with Gasteiger partial charge in [-0.2, -0.15) is 20.4 Å². The second-order valence-electron chi connectivity index (χ2n) is 35.2. The van der Waals surface area contributed by atoms with Crippen molar-refractivity contribution in [2.24, 2.45) is 28.2 Å². The van der Waals surface area contributed by atoms with Crippen LogP contribution in [0.15, 0.2) is 243 Å². The van der Waals surface area contributed by atoms with Crippen LogP contribution in [0.1, 0.15) is 63.0 Å². The van der Waals surface area contributed by atoms with E-state index in [1.807, 2.05) is 173 Å². The number of carbonyl (C=O) groups is 1. The Kier molecular flexibility index (Phi) is 31.6. The molecule has 0 bridgehead atoms. The van der Waals surface area contributed by atoms with Gasteiger partial charge < -0.3 is 73.4 Å². The number of hydrogen-bond acceptors (Lipinski definition) is 29. The molecular weight excluding hydrogens is 1850 g/mol. The molecule has 2 saturated heterocycles. The fourth-order valence-electron chi connectivity index (χ4n) is 17.3. The highest BCUT2D eigenvalue weighted by Crippen LogP contribution is 2.41. The van der Waals surface area contributed by atoms with Gasteiger partial charge in [-0.15, -0.1) is 0 Å². The van der Waals surface area contributed by atoms with Crippen molar-refractivity contribution in [3.05, 3.63) is 254 Å². The standard InChI is InChI=1S/C28H34N6O2.C27H33N7O2.C26H23BrN6O2.C25H28N6O3/c1-19-6-7-20(2)33(19)10-11-34(23-12-24(35-4)15-25(13-23)36-5)22-8-9-26-27(14-22)31-28(17-29-26)21-16-30-32(3)18-21;1-32-19-20(17-30-32)27-18-29-25-6-5-21(15-26(25)31-27)34(12-11-33-9-4-7-28-8-10-33)22-13-23(35-2)16-24(14-22)36-3;1-32-15-17(13-29-32)25-14-28-23-8-7-19(11-24(23)31-25)33(16-18-5-4-6-26(27)30-18)20-9-21(34-2)12-22(10-20)35-3;1-25(2,33)15-31(19-8-16(24(32)26-3)9-20(10-19)34-5)18-6-7-21-22(11-18)29-23(13-27-21)17-12-28-30(4)14-17/h8-9,12-20H,6-7,10-11H2,1-5H3;5-6,13-19,28H,4,7-12H2,1-3H3;4-15H,16H2,1-3H3;6-14,33H,15H2,1-5H3,(H,26,32)/t19-,20-;;;/m0.../s1. The van der Waals surface area contributed by atoms with Gasteiger partial charge in [-0.05, 0) is 173 Å². The molecule has 728 valence electrons. The van der Waals surface area contributed by atoms with Crippen molar-refractivity contribution in [3.8, 4) is 85.3 Å². The van der Waals surface area contributed by atoms with Crippen LogP contribution in [-0.4, -0.2) is 238 Å². The summed E-state index contributed by atoms with van der Waals surface area (Å²) in [5.41, 5.74) is 21.0. The van der Waals surface area contributed by atoms with Crippen molar-refractivity contribution in [3.63, 3.8) is 0 Å². The molecule has 17 aromatic rings. The largest absolute Gasteiger partial charge is 0.497 e. The Morgan fingerprint density at radius 2 is 0.773 bits per heavy atom. The minimum atomic E-state index is -1.02. The summed E-state index contributed by atoms with van der Waals surface area (Å²) in [6.45, 7) is 16.7. The van der Waals surface area contributed by atoms with Crippen molar-refractivity contribution in [2.75, 3.05) is 135 Å². The Labute approximate surface area is 828 Å². The number of aromatic nitrogens is 17. The molecule has 2 atom stereocenters. The van der Waals surface area contributed by atoms with Gasteiger partial charge in [-0.1, -0.05) is 6.07 Å². The number of aryl methyl sites for hydroxylation is 4. The molecule has 34 nitrogen and oxygen atoms in total. The van der Waals surface area contributed by atoms with Crippen LogP contribution < -0.4 is 63.4 Å². The molecule has 2 aliphatic heterocycles. The maximum Gasteiger partial charge on any atom is 0.251 e. The first kappa shape index (κ1) is 98.7. The van der Waals surface area contributed by atoms with Crippen LogP contribution in [0, 0.1) is 0 Å². The van der Waals surface area contributed by atoms with E-state index >= 15 is 0 Å². The Morgan fingerprint density at radius 1 is 0.418 bits per heavy atom. The van der Waals surface area contributed by atoms with Gasteiger partial charge in [-0.3, -0.25) is 48.4 Å². The van der Waals surface area contributed by atoms with E-state index in [1.165, 1.54) is 12.8 Å². The van der Waals surface area contributed by atoms with Crippen LogP contribution in [0.5, 0.6) is 40.2 Å². The lowest BCUT2D eigenvalue weighted by Gasteiger charge is -2.31. The molecule has 3 N–H and O–H groups in total. The molecule has 1 amide bonds. The quantitative estimate of drug-likeness (QED) is 0.0352. The number of pyridine rings is 1. The topological polar surface area (TPSA) is 333 Å². The lowest BCUT2D eigenvalue weighted by Crippen LogP contribution is -2.38. The number of nitrogens with zero attached hydrogens (tertiary/aromatic N) is 23. The predicted molar refractivity (Wildman–Crippen MR) is 556 cm³/mol. The molecule has 141 heavy (non-hydrogen) atoms. The molecule has 0 spiro atoms. The molecule has 0 radical (unpaired) electrons. The zero-order valence-electron chi connectivity index (χ0n) is 82.2. The second kappa shape index (κ2) is 45.1. The van der Waals surface area contributed by atoms with Crippen molar-refractivity contribution >= 4 is 111 Å². The molecular formula is C106H118BrN25O9. The van der Waals surface area contributed by atoms with Gasteiger partial charge in [0, 0.05) is 245 Å². The summed E-state index contributed by atoms with van der Waals surface area (Å²) in [4.78, 5) is 68.8. The van der Waals surface area contributed by atoms with E-state index < -0.39 is 5.60 Å². The first-order chi connectivity index (χ1) is 68.2. The van der Waals surface area contributed by atoms with Gasteiger partial charge in [-0.25, -0.2) is 24.9 Å². The summed E-state index contributed by atoms with van der Waals surface area (Å²) < 4.78 is 46.6. The SMILES string of the molecule is CNC(=O)c1cc(OC)cc(N(CC(C)(C)O)c2ccc3ncc(-c4cnn(C)c4)nc3c2)c1.COc1cc(OC)cc(N(CCN2CCCNCC2)c2ccc3ncc(-c4cnn(C)c4)nc3c2)c1.COc1cc(OC)cc(N(CCN2[C@@H](C)CC[C@@H]2C)c2ccc3ncc(-c4cnn(C)c4)nc3c2)c1.COc1cc(OC)cc(N(Cc2cccc(Br)n2)c2ccc3ncc(-c4cnn(C)c4)nc3c2)c1. The maximum atomic E-state index is 12.4. The van der Waals surface area contributed by atoms with E-state index in [4.69, 9.17) is 53.1 Å². The molecule has 0 unspecified atom stereocenters. The summed E-state index contributed by atoms with van der Waals surface area (Å²) in [6.07, 6.45) is 25.6. The van der Waals surface area contributed by atoms with Crippen LogP contribution in [-0.2, 0) is 34.7 Å². The number of anilines is 8. The predicted octanol–water partition coefficient (Wildman–Crippen LogP) is 17.4. The summed E-state index contributed by atoms with van der Waals surface area (Å²) in [6, 6.07) is 54.5. The summed E-state index contributed by atoms with van der Waals surface area (Å²) in [5, 5.41) is 33.8. The summed E-state index contributed by atoms with van der Waals surface area (Å²) in [7, 11) is 20.7. The van der Waals surface area contributed by atoms with Gasteiger partial charge >= 0.3 is 0 Å². The average molecular weight is 1970 g/mol. The molecule has 8 aromatic carbocycles. The highest BCUT2D eigenvalue weighted by Gasteiger charge is 2.30. The first-order valence-corrected chi connectivity index (χ1v) is 47.3. The third-order valence-electron chi connectivity index (χ3n) is 24.7. The van der Waals surface area contributed by atoms with E-state index in [0.717, 1.165) is 216 Å². The lowest BCUT2D eigenvalue weighted by molar-refractivity contribution is 0.0898. The minimum absolute atomic E-state index is 0.228. The number of carbonyl (C=O) groups excluding carboxylic acids is 1. The third kappa shape index (κ3) is 24.7. The van der Waals surface area contributed by atoms with Gasteiger partial charge in [0.25, 0.3) is 5.91 Å². The van der Waals surface area contributed by atoms with Crippen molar-refractivity contribution < 1.29 is 43.1 Å².